The molecule has 0 aliphatic heterocycles. The van der Waals surface area contributed by atoms with Crippen LogP contribution in [0.15, 0.2) is 96.3 Å². The number of hydrogen-bond donors (Lipinski definition) is 1. The number of hydrogen-bond acceptors (Lipinski definition) is 7. The van der Waals surface area contributed by atoms with E-state index in [2.05, 4.69) is 25.9 Å². The number of para-hydroxylation sites is 1. The van der Waals surface area contributed by atoms with Gasteiger partial charge in [0.25, 0.3) is 0 Å². The molecule has 10 heteroatoms. The third kappa shape index (κ3) is 5.28. The number of nitrogens with one attached hydrogen (secondary N) is 1. The number of amides is 1. The van der Waals surface area contributed by atoms with Gasteiger partial charge in [-0.25, -0.2) is 4.68 Å². The predicted molar refractivity (Wildman–Crippen MR) is 138 cm³/mol. The van der Waals surface area contributed by atoms with Crippen LogP contribution in [0.3, 0.4) is 0 Å². The van der Waals surface area contributed by atoms with Crippen molar-refractivity contribution in [1.29, 1.82) is 0 Å². The minimum Gasteiger partial charge on any atom is -0.497 e. The molecule has 36 heavy (non-hydrogen) atoms. The molecule has 3 aromatic carbocycles. The molecule has 0 saturated heterocycles. The summed E-state index contributed by atoms with van der Waals surface area (Å²) < 4.78 is 8.61. The Hall–Kier alpha value is -4.44. The van der Waals surface area contributed by atoms with Gasteiger partial charge in [-0.1, -0.05) is 72.4 Å². The molecular weight excluding hydrogens is 474 g/mol. The number of aromatic nitrogens is 6. The highest BCUT2D eigenvalue weighted by Crippen LogP contribution is 2.28. The summed E-state index contributed by atoms with van der Waals surface area (Å²) in [6.07, 6.45) is 1.66. The van der Waals surface area contributed by atoms with Crippen molar-refractivity contribution < 1.29 is 9.53 Å². The molecule has 0 spiro atoms. The van der Waals surface area contributed by atoms with Gasteiger partial charge in [-0.3, -0.25) is 4.79 Å². The Bertz CT molecular complexity index is 1450. The monoisotopic (exact) mass is 497 g/mol. The number of tetrazole rings is 1. The van der Waals surface area contributed by atoms with Crippen LogP contribution in [0.5, 0.6) is 5.75 Å². The normalized spacial score (nSPS) is 10.8. The summed E-state index contributed by atoms with van der Waals surface area (Å²) in [4.78, 5) is 12.8. The number of anilines is 1. The number of benzene rings is 3. The van der Waals surface area contributed by atoms with Crippen LogP contribution in [0.2, 0.25) is 0 Å². The van der Waals surface area contributed by atoms with Crippen LogP contribution in [0.1, 0.15) is 5.56 Å². The summed E-state index contributed by atoms with van der Waals surface area (Å²) in [5.41, 5.74) is 3.94. The maximum Gasteiger partial charge on any atom is 0.235 e. The fraction of sp³-hybridized carbons (Fsp3) is 0.115. The van der Waals surface area contributed by atoms with Crippen LogP contribution in [-0.4, -0.2) is 48.8 Å². The molecule has 5 rings (SSSR count). The Labute approximate surface area is 212 Å². The van der Waals surface area contributed by atoms with Crippen LogP contribution in [0.25, 0.3) is 16.8 Å². The van der Waals surface area contributed by atoms with Crippen molar-refractivity contribution in [2.45, 2.75) is 11.7 Å². The lowest BCUT2D eigenvalue weighted by Gasteiger charge is -2.11. The van der Waals surface area contributed by atoms with E-state index < -0.39 is 0 Å². The highest BCUT2D eigenvalue weighted by atomic mass is 32.2. The topological polar surface area (TPSA) is 99.8 Å². The zero-order valence-electron chi connectivity index (χ0n) is 19.5. The molecule has 0 unspecified atom stereocenters. The van der Waals surface area contributed by atoms with E-state index in [9.17, 15) is 4.79 Å². The number of thioether (sulfide) groups is 1. The van der Waals surface area contributed by atoms with E-state index in [4.69, 9.17) is 4.74 Å². The molecule has 5 aromatic rings. The minimum absolute atomic E-state index is 0.140. The summed E-state index contributed by atoms with van der Waals surface area (Å²) in [7, 11) is 1.63. The maximum atomic E-state index is 12.8. The average Bonchev–Trinajstić information content (AvgIpc) is 3.58. The molecule has 0 atom stereocenters. The summed E-state index contributed by atoms with van der Waals surface area (Å²) in [5.74, 6) is 1.37. The summed E-state index contributed by atoms with van der Waals surface area (Å²) in [6.45, 7) is 0.522. The first kappa shape index (κ1) is 23.3. The summed E-state index contributed by atoms with van der Waals surface area (Å²) in [6, 6.07) is 27.4. The second-order valence-electron chi connectivity index (χ2n) is 7.82. The molecular formula is C26H23N7O2S. The van der Waals surface area contributed by atoms with Crippen molar-refractivity contribution in [3.63, 3.8) is 0 Å². The Morgan fingerprint density at radius 3 is 2.56 bits per heavy atom. The van der Waals surface area contributed by atoms with Gasteiger partial charge < -0.3 is 10.1 Å². The van der Waals surface area contributed by atoms with Gasteiger partial charge in [-0.15, -0.1) is 5.10 Å². The third-order valence-electron chi connectivity index (χ3n) is 5.47. The smallest absolute Gasteiger partial charge is 0.235 e. The SMILES string of the molecule is COc1ccc(Cn2nccc2NC(=O)CSc2nnnn2-c2ccccc2-c2ccccc2)cc1. The number of methoxy groups -OCH3 is 1. The molecule has 2 aromatic heterocycles. The van der Waals surface area contributed by atoms with Gasteiger partial charge in [0.15, 0.2) is 0 Å². The van der Waals surface area contributed by atoms with Crippen molar-refractivity contribution in [3.05, 3.63) is 96.7 Å². The second kappa shape index (κ2) is 10.9. The van der Waals surface area contributed by atoms with E-state index >= 15 is 0 Å². The first-order valence-electron chi connectivity index (χ1n) is 11.2. The van der Waals surface area contributed by atoms with Crippen molar-refractivity contribution in [2.24, 2.45) is 0 Å². The molecule has 1 amide bonds. The van der Waals surface area contributed by atoms with E-state index in [-0.39, 0.29) is 11.7 Å². The van der Waals surface area contributed by atoms with Gasteiger partial charge in [-0.05, 0) is 39.8 Å². The Morgan fingerprint density at radius 2 is 1.75 bits per heavy atom. The fourth-order valence-corrected chi connectivity index (χ4v) is 4.40. The molecule has 0 saturated carbocycles. The van der Waals surface area contributed by atoms with Crippen molar-refractivity contribution in [1.82, 2.24) is 30.0 Å². The van der Waals surface area contributed by atoms with Gasteiger partial charge in [0.2, 0.25) is 11.1 Å². The number of ether oxygens (including phenoxy) is 1. The van der Waals surface area contributed by atoms with Gasteiger partial charge in [0.1, 0.15) is 11.6 Å². The average molecular weight is 498 g/mol. The number of rotatable bonds is 9. The van der Waals surface area contributed by atoms with E-state index in [1.807, 2.05) is 78.9 Å². The van der Waals surface area contributed by atoms with Crippen LogP contribution in [-0.2, 0) is 11.3 Å². The molecule has 0 aliphatic carbocycles. The Morgan fingerprint density at radius 1 is 0.972 bits per heavy atom. The number of nitrogens with zero attached hydrogens (tertiary/aromatic N) is 6. The molecule has 0 aliphatic rings. The molecule has 0 radical (unpaired) electrons. The zero-order valence-corrected chi connectivity index (χ0v) is 20.3. The Balaban J connectivity index is 1.26. The van der Waals surface area contributed by atoms with E-state index in [1.165, 1.54) is 11.8 Å². The van der Waals surface area contributed by atoms with E-state index in [0.717, 1.165) is 28.1 Å². The largest absolute Gasteiger partial charge is 0.497 e. The number of carbonyl (C=O) groups excluding carboxylic acids is 1. The highest BCUT2D eigenvalue weighted by molar-refractivity contribution is 7.99. The summed E-state index contributed by atoms with van der Waals surface area (Å²) in [5, 5.41) is 20.0. The lowest BCUT2D eigenvalue weighted by atomic mass is 10.0. The highest BCUT2D eigenvalue weighted by Gasteiger charge is 2.16. The molecule has 180 valence electrons. The van der Waals surface area contributed by atoms with Crippen molar-refractivity contribution >= 4 is 23.5 Å². The lowest BCUT2D eigenvalue weighted by Crippen LogP contribution is -2.18. The number of carbonyl (C=O) groups is 1. The predicted octanol–water partition coefficient (Wildman–Crippen LogP) is 4.31. The zero-order chi connectivity index (χ0) is 24.7. The maximum absolute atomic E-state index is 12.8. The first-order valence-corrected chi connectivity index (χ1v) is 12.2. The lowest BCUT2D eigenvalue weighted by molar-refractivity contribution is -0.113. The quantitative estimate of drug-likeness (QED) is 0.303. The van der Waals surface area contributed by atoms with Crippen molar-refractivity contribution in [2.75, 3.05) is 18.2 Å². The minimum atomic E-state index is -0.178. The van der Waals surface area contributed by atoms with Gasteiger partial charge in [0, 0.05) is 11.6 Å². The first-order chi connectivity index (χ1) is 17.7. The van der Waals surface area contributed by atoms with Crippen LogP contribution in [0.4, 0.5) is 5.82 Å². The van der Waals surface area contributed by atoms with Crippen LogP contribution < -0.4 is 10.1 Å². The van der Waals surface area contributed by atoms with E-state index in [1.54, 1.807) is 28.7 Å². The van der Waals surface area contributed by atoms with Gasteiger partial charge in [0.05, 0.1) is 31.3 Å². The van der Waals surface area contributed by atoms with Gasteiger partial charge in [-0.2, -0.15) is 9.78 Å². The van der Waals surface area contributed by atoms with Crippen LogP contribution >= 0.6 is 11.8 Å². The van der Waals surface area contributed by atoms with Crippen molar-refractivity contribution in [3.8, 4) is 22.6 Å². The standard InChI is InChI=1S/C26H23N7O2S/c1-35-21-13-11-19(12-14-21)17-32-24(15-16-27-32)28-25(34)18-36-26-29-30-31-33(26)23-10-6-5-9-22(23)20-7-3-2-4-8-20/h2-16H,17-18H2,1H3,(H,28,34). The van der Waals surface area contributed by atoms with Gasteiger partial charge >= 0.3 is 0 Å². The van der Waals surface area contributed by atoms with Crippen LogP contribution in [0, 0.1) is 0 Å². The molecule has 0 bridgehead atoms. The Kier molecular flexibility index (Phi) is 7.04. The molecule has 0 fully saturated rings. The third-order valence-corrected chi connectivity index (χ3v) is 6.39. The fourth-order valence-electron chi connectivity index (χ4n) is 3.72. The summed E-state index contributed by atoms with van der Waals surface area (Å²) >= 11 is 1.27. The molecule has 1 N–H and O–H groups in total. The van der Waals surface area contributed by atoms with E-state index in [0.29, 0.717) is 17.5 Å². The molecule has 2 heterocycles. The molecule has 9 nitrogen and oxygen atoms in total. The second-order valence-corrected chi connectivity index (χ2v) is 8.76.